The molecule has 1 unspecified atom stereocenters. The molecule has 1 aromatic rings. The number of rotatable bonds is 2. The van der Waals surface area contributed by atoms with Crippen molar-refractivity contribution in [2.75, 3.05) is 6.61 Å². The van der Waals surface area contributed by atoms with E-state index in [0.29, 0.717) is 6.61 Å². The van der Waals surface area contributed by atoms with Crippen molar-refractivity contribution in [3.8, 4) is 5.75 Å². The van der Waals surface area contributed by atoms with Crippen LogP contribution in [0.5, 0.6) is 5.75 Å². The lowest BCUT2D eigenvalue weighted by Crippen LogP contribution is -2.21. The van der Waals surface area contributed by atoms with E-state index in [-0.39, 0.29) is 12.1 Å². The standard InChI is InChI=1S/C12H14O3/c1-8-4-3-5-12-11(8)6-10(15-12)7-14-9(2)13/h3-5,10H,6-7H2,1-2H3. The van der Waals surface area contributed by atoms with Gasteiger partial charge in [0, 0.05) is 18.9 Å². The molecule has 0 N–H and O–H groups in total. The van der Waals surface area contributed by atoms with Crippen LogP contribution in [-0.4, -0.2) is 18.7 Å². The summed E-state index contributed by atoms with van der Waals surface area (Å²) in [6, 6.07) is 5.99. The van der Waals surface area contributed by atoms with Crippen LogP contribution in [0.1, 0.15) is 18.1 Å². The van der Waals surface area contributed by atoms with E-state index in [9.17, 15) is 4.79 Å². The summed E-state index contributed by atoms with van der Waals surface area (Å²) < 4.78 is 10.6. The number of carbonyl (C=O) groups excluding carboxylic acids is 1. The van der Waals surface area contributed by atoms with E-state index in [1.54, 1.807) is 0 Å². The van der Waals surface area contributed by atoms with Crippen molar-refractivity contribution in [2.45, 2.75) is 26.4 Å². The first-order chi connectivity index (χ1) is 7.16. The van der Waals surface area contributed by atoms with Crippen molar-refractivity contribution in [1.82, 2.24) is 0 Å². The molecule has 15 heavy (non-hydrogen) atoms. The second-order valence-electron chi connectivity index (χ2n) is 3.80. The van der Waals surface area contributed by atoms with E-state index in [1.165, 1.54) is 18.1 Å². The molecule has 1 aliphatic rings. The van der Waals surface area contributed by atoms with Crippen molar-refractivity contribution in [3.63, 3.8) is 0 Å². The van der Waals surface area contributed by atoms with Gasteiger partial charge in [-0.1, -0.05) is 12.1 Å². The minimum atomic E-state index is -0.258. The molecule has 1 atom stereocenters. The number of hydrogen-bond donors (Lipinski definition) is 0. The highest BCUT2D eigenvalue weighted by molar-refractivity contribution is 5.65. The lowest BCUT2D eigenvalue weighted by Gasteiger charge is -2.09. The summed E-state index contributed by atoms with van der Waals surface area (Å²) in [4.78, 5) is 10.7. The summed E-state index contributed by atoms with van der Waals surface area (Å²) in [6.45, 7) is 3.81. The summed E-state index contributed by atoms with van der Waals surface area (Å²) in [7, 11) is 0. The summed E-state index contributed by atoms with van der Waals surface area (Å²) in [5.74, 6) is 0.665. The highest BCUT2D eigenvalue weighted by Crippen LogP contribution is 2.31. The first-order valence-corrected chi connectivity index (χ1v) is 5.05. The Bertz CT molecular complexity index is 384. The van der Waals surface area contributed by atoms with Crippen molar-refractivity contribution < 1.29 is 14.3 Å². The number of fused-ring (bicyclic) bond motifs is 1. The van der Waals surface area contributed by atoms with E-state index >= 15 is 0 Å². The first kappa shape index (κ1) is 10.0. The molecule has 0 fully saturated rings. The molecular formula is C12H14O3. The van der Waals surface area contributed by atoms with Gasteiger partial charge < -0.3 is 9.47 Å². The van der Waals surface area contributed by atoms with Crippen LogP contribution < -0.4 is 4.74 Å². The van der Waals surface area contributed by atoms with Gasteiger partial charge in [-0.2, -0.15) is 0 Å². The molecule has 0 bridgehead atoms. The molecule has 1 aliphatic heterocycles. The van der Waals surface area contributed by atoms with Gasteiger partial charge in [-0.15, -0.1) is 0 Å². The van der Waals surface area contributed by atoms with Crippen LogP contribution in [0.2, 0.25) is 0 Å². The fourth-order valence-corrected chi connectivity index (χ4v) is 1.80. The van der Waals surface area contributed by atoms with E-state index < -0.39 is 0 Å². The molecule has 3 heteroatoms. The molecule has 1 heterocycles. The Balaban J connectivity index is 2.03. The van der Waals surface area contributed by atoms with Gasteiger partial charge in [0.15, 0.2) is 0 Å². The molecular weight excluding hydrogens is 192 g/mol. The van der Waals surface area contributed by atoms with Crippen molar-refractivity contribution in [1.29, 1.82) is 0 Å². The third kappa shape index (κ3) is 2.12. The van der Waals surface area contributed by atoms with Gasteiger partial charge >= 0.3 is 5.97 Å². The van der Waals surface area contributed by atoms with E-state index in [0.717, 1.165) is 12.2 Å². The largest absolute Gasteiger partial charge is 0.486 e. The lowest BCUT2D eigenvalue weighted by atomic mass is 10.0. The van der Waals surface area contributed by atoms with Gasteiger partial charge in [-0.05, 0) is 18.6 Å². The van der Waals surface area contributed by atoms with Crippen LogP contribution in [0.25, 0.3) is 0 Å². The molecule has 0 saturated carbocycles. The zero-order chi connectivity index (χ0) is 10.8. The van der Waals surface area contributed by atoms with Gasteiger partial charge in [-0.3, -0.25) is 4.79 Å². The van der Waals surface area contributed by atoms with Crippen molar-refractivity contribution in [2.24, 2.45) is 0 Å². The number of hydrogen-bond acceptors (Lipinski definition) is 3. The fourth-order valence-electron chi connectivity index (χ4n) is 1.80. The van der Waals surface area contributed by atoms with Crippen LogP contribution in [0, 0.1) is 6.92 Å². The van der Waals surface area contributed by atoms with Gasteiger partial charge in [0.05, 0.1) is 0 Å². The SMILES string of the molecule is CC(=O)OCC1Cc2c(C)cccc2O1. The molecule has 0 spiro atoms. The number of ether oxygens (including phenoxy) is 2. The maximum absolute atomic E-state index is 10.7. The Morgan fingerprint density at radius 1 is 1.60 bits per heavy atom. The fraction of sp³-hybridized carbons (Fsp3) is 0.417. The first-order valence-electron chi connectivity index (χ1n) is 5.05. The summed E-state index contributed by atoms with van der Waals surface area (Å²) in [6.07, 6.45) is 0.806. The third-order valence-corrected chi connectivity index (χ3v) is 2.57. The zero-order valence-electron chi connectivity index (χ0n) is 8.95. The molecule has 0 aromatic heterocycles. The Morgan fingerprint density at radius 2 is 2.40 bits per heavy atom. The average molecular weight is 206 g/mol. The minimum Gasteiger partial charge on any atom is -0.486 e. The average Bonchev–Trinajstić information content (AvgIpc) is 2.59. The Morgan fingerprint density at radius 3 is 3.07 bits per heavy atom. The quantitative estimate of drug-likeness (QED) is 0.693. The Hall–Kier alpha value is -1.51. The smallest absolute Gasteiger partial charge is 0.302 e. The van der Waals surface area contributed by atoms with Crippen LogP contribution >= 0.6 is 0 Å². The van der Waals surface area contributed by atoms with E-state index in [2.05, 4.69) is 13.0 Å². The van der Waals surface area contributed by atoms with Gasteiger partial charge in [-0.25, -0.2) is 0 Å². The lowest BCUT2D eigenvalue weighted by molar-refractivity contribution is -0.143. The predicted octanol–water partition coefficient (Wildman–Crippen LogP) is 1.86. The number of benzene rings is 1. The van der Waals surface area contributed by atoms with Crippen molar-refractivity contribution in [3.05, 3.63) is 29.3 Å². The number of carbonyl (C=O) groups is 1. The van der Waals surface area contributed by atoms with Crippen LogP contribution in [-0.2, 0) is 16.0 Å². The monoisotopic (exact) mass is 206 g/mol. The molecule has 2 rings (SSSR count). The second-order valence-corrected chi connectivity index (χ2v) is 3.80. The normalized spacial score (nSPS) is 18.1. The minimum absolute atomic E-state index is 0.0231. The topological polar surface area (TPSA) is 35.5 Å². The van der Waals surface area contributed by atoms with Gasteiger partial charge in [0.1, 0.15) is 18.5 Å². The zero-order valence-corrected chi connectivity index (χ0v) is 8.95. The highest BCUT2D eigenvalue weighted by Gasteiger charge is 2.24. The highest BCUT2D eigenvalue weighted by atomic mass is 16.6. The molecule has 0 aliphatic carbocycles. The Labute approximate surface area is 89.0 Å². The predicted molar refractivity (Wildman–Crippen MR) is 55.9 cm³/mol. The van der Waals surface area contributed by atoms with Crippen LogP contribution in [0.3, 0.4) is 0 Å². The molecule has 80 valence electrons. The summed E-state index contributed by atoms with van der Waals surface area (Å²) >= 11 is 0. The molecule has 0 amide bonds. The summed E-state index contributed by atoms with van der Waals surface area (Å²) in [5, 5.41) is 0. The molecule has 0 saturated heterocycles. The Kier molecular flexibility index (Phi) is 2.62. The molecule has 0 radical (unpaired) electrons. The maximum Gasteiger partial charge on any atom is 0.302 e. The maximum atomic E-state index is 10.7. The van der Waals surface area contributed by atoms with E-state index in [1.807, 2.05) is 12.1 Å². The van der Waals surface area contributed by atoms with Crippen LogP contribution in [0.15, 0.2) is 18.2 Å². The summed E-state index contributed by atoms with van der Waals surface area (Å²) in [5.41, 5.74) is 2.47. The van der Waals surface area contributed by atoms with Gasteiger partial charge in [0.2, 0.25) is 0 Å². The third-order valence-electron chi connectivity index (χ3n) is 2.57. The molecule has 3 nitrogen and oxygen atoms in total. The number of aryl methyl sites for hydroxylation is 1. The number of esters is 1. The second kappa shape index (κ2) is 3.93. The molecule has 1 aromatic carbocycles. The van der Waals surface area contributed by atoms with E-state index in [4.69, 9.17) is 9.47 Å². The van der Waals surface area contributed by atoms with Crippen LogP contribution in [0.4, 0.5) is 0 Å². The van der Waals surface area contributed by atoms with Crippen molar-refractivity contribution >= 4 is 5.97 Å². The van der Waals surface area contributed by atoms with Gasteiger partial charge in [0.25, 0.3) is 0 Å².